The number of anilines is 1. The Kier molecular flexibility index (Phi) is 10.3. The van der Waals surface area contributed by atoms with Gasteiger partial charge in [0.2, 0.25) is 0 Å². The van der Waals surface area contributed by atoms with Crippen LogP contribution < -0.4 is 14.8 Å². The number of fused-ring (bicyclic) bond motifs is 1. The molecule has 3 aromatic carbocycles. The number of carbonyl (C=O) groups excluding carboxylic acids is 3. The standard InChI is InChI=1S/C38H34BrClN6O5/c39-34-21-33(46(43-34)36-32(40)7-4-18-41-36)38(49)44-19-16-26-22-45(23-27(26)17-20-44)35(47)24-50-29-12-8-25(9-13-29)37(48)42-28-10-14-31(15-11-28)51-30-5-2-1-3-6-30/h1-15,18,21,26-27H,16-17,19-20,22-24H2,(H,42,48)/t26-,27+. The fourth-order valence-electron chi connectivity index (χ4n) is 6.49. The largest absolute Gasteiger partial charge is 0.484 e. The molecule has 2 fully saturated rings. The first-order valence-corrected chi connectivity index (χ1v) is 17.8. The lowest BCUT2D eigenvalue weighted by Crippen LogP contribution is -2.36. The summed E-state index contributed by atoms with van der Waals surface area (Å²) < 4.78 is 13.6. The number of hydrogen-bond donors (Lipinski definition) is 1. The number of para-hydroxylation sites is 1. The van der Waals surface area contributed by atoms with E-state index in [0.29, 0.717) is 81.9 Å². The van der Waals surface area contributed by atoms with Crippen LogP contribution in [0.15, 0.2) is 108 Å². The second kappa shape index (κ2) is 15.4. The lowest BCUT2D eigenvalue weighted by Gasteiger charge is -2.22. The molecular weight excluding hydrogens is 736 g/mol. The van der Waals surface area contributed by atoms with Gasteiger partial charge in [-0.1, -0.05) is 29.8 Å². The number of nitrogens with one attached hydrogen (secondary N) is 1. The summed E-state index contributed by atoms with van der Waals surface area (Å²) in [4.78, 5) is 47.7. The van der Waals surface area contributed by atoms with Crippen molar-refractivity contribution < 1.29 is 23.9 Å². The van der Waals surface area contributed by atoms with Gasteiger partial charge in [-0.2, -0.15) is 5.10 Å². The molecule has 11 nitrogen and oxygen atoms in total. The van der Waals surface area contributed by atoms with Crippen molar-refractivity contribution in [2.24, 2.45) is 11.8 Å². The number of hydrogen-bond acceptors (Lipinski definition) is 7. The fraction of sp³-hybridized carbons (Fsp3) is 0.237. The van der Waals surface area contributed by atoms with E-state index >= 15 is 0 Å². The van der Waals surface area contributed by atoms with Crippen molar-refractivity contribution in [3.8, 4) is 23.1 Å². The van der Waals surface area contributed by atoms with E-state index in [1.807, 2.05) is 40.1 Å². The summed E-state index contributed by atoms with van der Waals surface area (Å²) in [6, 6.07) is 28.4. The monoisotopic (exact) mass is 768 g/mol. The summed E-state index contributed by atoms with van der Waals surface area (Å²) in [5, 5.41) is 7.69. The van der Waals surface area contributed by atoms with Gasteiger partial charge in [0.05, 0.1) is 5.02 Å². The normalized spacial score (nSPS) is 17.0. The van der Waals surface area contributed by atoms with E-state index in [1.165, 1.54) is 4.68 Å². The van der Waals surface area contributed by atoms with Gasteiger partial charge in [0.15, 0.2) is 12.4 Å². The molecular formula is C38H34BrClN6O5. The van der Waals surface area contributed by atoms with Gasteiger partial charge in [-0.3, -0.25) is 14.4 Å². The Balaban J connectivity index is 0.873. The van der Waals surface area contributed by atoms with E-state index in [4.69, 9.17) is 21.1 Å². The van der Waals surface area contributed by atoms with Gasteiger partial charge in [0, 0.05) is 49.7 Å². The van der Waals surface area contributed by atoms with Gasteiger partial charge >= 0.3 is 0 Å². The molecule has 13 heteroatoms. The average Bonchev–Trinajstić information content (AvgIpc) is 3.69. The minimum absolute atomic E-state index is 0.0847. The van der Waals surface area contributed by atoms with Crippen molar-refractivity contribution in [3.63, 3.8) is 0 Å². The molecule has 2 aliphatic heterocycles. The maximum absolute atomic E-state index is 13.7. The Morgan fingerprint density at radius 2 is 1.49 bits per heavy atom. The number of carbonyl (C=O) groups is 3. The molecule has 0 spiro atoms. The van der Waals surface area contributed by atoms with Crippen LogP contribution in [0.25, 0.3) is 5.82 Å². The van der Waals surface area contributed by atoms with Gasteiger partial charge in [0.25, 0.3) is 17.7 Å². The molecule has 0 saturated carbocycles. The van der Waals surface area contributed by atoms with Crippen molar-refractivity contribution in [1.29, 1.82) is 0 Å². The number of pyridine rings is 1. The Morgan fingerprint density at radius 1 is 0.824 bits per heavy atom. The Bertz CT molecular complexity index is 2010. The number of rotatable bonds is 9. The molecule has 0 bridgehead atoms. The van der Waals surface area contributed by atoms with E-state index in [9.17, 15) is 14.4 Å². The molecule has 4 heterocycles. The molecule has 3 amide bonds. The molecule has 51 heavy (non-hydrogen) atoms. The summed E-state index contributed by atoms with van der Waals surface area (Å²) in [7, 11) is 0. The molecule has 0 aliphatic carbocycles. The lowest BCUT2D eigenvalue weighted by molar-refractivity contribution is -0.132. The molecule has 0 unspecified atom stereocenters. The maximum Gasteiger partial charge on any atom is 0.272 e. The van der Waals surface area contributed by atoms with Crippen molar-refractivity contribution in [2.45, 2.75) is 12.8 Å². The smallest absolute Gasteiger partial charge is 0.272 e. The highest BCUT2D eigenvalue weighted by molar-refractivity contribution is 9.10. The summed E-state index contributed by atoms with van der Waals surface area (Å²) in [5.41, 5.74) is 1.49. The van der Waals surface area contributed by atoms with Crippen LogP contribution in [-0.4, -0.2) is 75.1 Å². The third-order valence-corrected chi connectivity index (χ3v) is 9.85. The third-order valence-electron chi connectivity index (χ3n) is 9.16. The number of nitrogens with zero attached hydrogens (tertiary/aromatic N) is 5. The molecule has 7 rings (SSSR count). The van der Waals surface area contributed by atoms with Crippen LogP contribution in [0.1, 0.15) is 33.7 Å². The molecule has 1 N–H and O–H groups in total. The molecule has 5 aromatic rings. The highest BCUT2D eigenvalue weighted by Crippen LogP contribution is 2.33. The van der Waals surface area contributed by atoms with E-state index in [-0.39, 0.29) is 24.3 Å². The number of benzene rings is 3. The van der Waals surface area contributed by atoms with Crippen molar-refractivity contribution >= 4 is 50.9 Å². The molecule has 2 aliphatic rings. The van der Waals surface area contributed by atoms with E-state index in [1.54, 1.807) is 72.9 Å². The number of amides is 3. The number of halogens is 2. The van der Waals surface area contributed by atoms with Crippen LogP contribution in [0, 0.1) is 11.8 Å². The van der Waals surface area contributed by atoms with Crippen LogP contribution in [-0.2, 0) is 4.79 Å². The summed E-state index contributed by atoms with van der Waals surface area (Å²) in [5.74, 6) is 2.39. The van der Waals surface area contributed by atoms with Gasteiger partial charge in [0.1, 0.15) is 27.5 Å². The van der Waals surface area contributed by atoms with Crippen LogP contribution >= 0.6 is 27.5 Å². The second-order valence-corrected chi connectivity index (χ2v) is 13.7. The predicted octanol–water partition coefficient (Wildman–Crippen LogP) is 7.12. The number of aromatic nitrogens is 3. The Labute approximate surface area is 308 Å². The minimum atomic E-state index is -0.263. The van der Waals surface area contributed by atoms with Crippen molar-refractivity contribution in [1.82, 2.24) is 24.6 Å². The second-order valence-electron chi connectivity index (χ2n) is 12.5. The summed E-state index contributed by atoms with van der Waals surface area (Å²) >= 11 is 9.75. The van der Waals surface area contributed by atoms with E-state index in [2.05, 4.69) is 31.3 Å². The first-order chi connectivity index (χ1) is 24.8. The Hall–Kier alpha value is -5.20. The van der Waals surface area contributed by atoms with Crippen molar-refractivity contribution in [2.75, 3.05) is 38.1 Å². The molecule has 2 aromatic heterocycles. The highest BCUT2D eigenvalue weighted by atomic mass is 79.9. The van der Waals surface area contributed by atoms with Gasteiger partial charge in [-0.25, -0.2) is 9.67 Å². The number of likely N-dealkylation sites (tertiary alicyclic amines) is 2. The highest BCUT2D eigenvalue weighted by Gasteiger charge is 2.38. The number of ether oxygens (including phenoxy) is 2. The third kappa shape index (κ3) is 8.08. The first kappa shape index (κ1) is 34.3. The summed E-state index contributed by atoms with van der Waals surface area (Å²) in [6.45, 7) is 2.30. The lowest BCUT2D eigenvalue weighted by atomic mass is 9.92. The zero-order valence-electron chi connectivity index (χ0n) is 27.5. The Morgan fingerprint density at radius 3 is 2.18 bits per heavy atom. The fourth-order valence-corrected chi connectivity index (χ4v) is 7.07. The zero-order valence-corrected chi connectivity index (χ0v) is 29.8. The van der Waals surface area contributed by atoms with E-state index < -0.39 is 0 Å². The van der Waals surface area contributed by atoms with E-state index in [0.717, 1.165) is 18.6 Å². The first-order valence-electron chi connectivity index (χ1n) is 16.6. The molecule has 2 atom stereocenters. The average molecular weight is 770 g/mol. The van der Waals surface area contributed by atoms with Crippen LogP contribution in [0.5, 0.6) is 17.2 Å². The molecule has 2 saturated heterocycles. The van der Waals surface area contributed by atoms with Gasteiger partial charge in [-0.15, -0.1) is 0 Å². The van der Waals surface area contributed by atoms with Crippen LogP contribution in [0.2, 0.25) is 5.02 Å². The SMILES string of the molecule is O=C(Nc1ccc(Oc2ccccc2)cc1)c1ccc(OCC(=O)N2C[C@H]3CCN(C(=O)c4cc(Br)nn4-c4ncccc4Cl)CC[C@H]3C2)cc1. The molecule has 260 valence electrons. The summed E-state index contributed by atoms with van der Waals surface area (Å²) in [6.07, 6.45) is 3.18. The minimum Gasteiger partial charge on any atom is -0.484 e. The van der Waals surface area contributed by atoms with Crippen molar-refractivity contribution in [3.05, 3.63) is 124 Å². The van der Waals surface area contributed by atoms with Crippen LogP contribution in [0.4, 0.5) is 5.69 Å². The van der Waals surface area contributed by atoms with Gasteiger partial charge < -0.3 is 24.6 Å². The topological polar surface area (TPSA) is 119 Å². The molecule has 0 radical (unpaired) electrons. The van der Waals surface area contributed by atoms with Gasteiger partial charge in [-0.05, 0) is 113 Å². The zero-order chi connectivity index (χ0) is 35.3. The maximum atomic E-state index is 13.7. The predicted molar refractivity (Wildman–Crippen MR) is 196 cm³/mol. The van der Waals surface area contributed by atoms with Crippen LogP contribution in [0.3, 0.4) is 0 Å². The quantitative estimate of drug-likeness (QED) is 0.170.